The molecular weight excluding hydrogens is 254 g/mol. The summed E-state index contributed by atoms with van der Waals surface area (Å²) in [6, 6.07) is 2.68. The van der Waals surface area contributed by atoms with Gasteiger partial charge in [-0.3, -0.25) is 10.1 Å². The number of nitro groups is 1. The number of halogens is 1. The highest BCUT2D eigenvalue weighted by atomic mass is 79.9. The fourth-order valence-corrected chi connectivity index (χ4v) is 1.70. The van der Waals surface area contributed by atoms with E-state index >= 15 is 0 Å². The maximum absolute atomic E-state index is 10.7. The predicted molar refractivity (Wildman–Crippen MR) is 52.5 cm³/mol. The van der Waals surface area contributed by atoms with E-state index in [0.29, 0.717) is 0 Å². The lowest BCUT2D eigenvalue weighted by molar-refractivity contribution is -0.386. The second-order valence-electron chi connectivity index (χ2n) is 2.63. The van der Waals surface area contributed by atoms with Crippen LogP contribution in [0, 0.1) is 17.0 Å². The van der Waals surface area contributed by atoms with E-state index < -0.39 is 10.9 Å². The van der Waals surface area contributed by atoms with Crippen molar-refractivity contribution in [1.82, 2.24) is 0 Å². The van der Waals surface area contributed by atoms with Crippen LogP contribution in [0.1, 0.15) is 15.9 Å². The van der Waals surface area contributed by atoms with Crippen LogP contribution in [0.15, 0.2) is 16.6 Å². The molecule has 1 N–H and O–H groups in total. The first kappa shape index (κ1) is 10.6. The Morgan fingerprint density at radius 2 is 2.14 bits per heavy atom. The van der Waals surface area contributed by atoms with E-state index in [1.807, 2.05) is 0 Å². The van der Waals surface area contributed by atoms with Crippen LogP contribution in [0.3, 0.4) is 0 Å². The lowest BCUT2D eigenvalue weighted by atomic mass is 10.1. The summed E-state index contributed by atoms with van der Waals surface area (Å²) in [5.41, 5.74) is -0.110. The monoisotopic (exact) mass is 259 g/mol. The molecule has 14 heavy (non-hydrogen) atoms. The summed E-state index contributed by atoms with van der Waals surface area (Å²) in [6.45, 7) is 1.41. The minimum atomic E-state index is -1.17. The molecule has 5 nitrogen and oxygen atoms in total. The molecule has 0 fully saturated rings. The third kappa shape index (κ3) is 1.74. The van der Waals surface area contributed by atoms with Crippen molar-refractivity contribution in [3.05, 3.63) is 37.8 Å². The predicted octanol–water partition coefficient (Wildman–Crippen LogP) is 2.36. The maximum Gasteiger partial charge on any atom is 0.336 e. The molecule has 74 valence electrons. The van der Waals surface area contributed by atoms with Crippen molar-refractivity contribution in [2.24, 2.45) is 0 Å². The maximum atomic E-state index is 10.7. The second kappa shape index (κ2) is 3.75. The summed E-state index contributed by atoms with van der Waals surface area (Å²) in [6.07, 6.45) is 0. The SMILES string of the molecule is Cc1c(C(=O)O)ccc(Br)c1[N+](=O)[O-]. The van der Waals surface area contributed by atoms with Gasteiger partial charge in [-0.1, -0.05) is 0 Å². The molecule has 6 heteroatoms. The summed E-state index contributed by atoms with van der Waals surface area (Å²) < 4.78 is 0.282. The van der Waals surface area contributed by atoms with E-state index in [1.54, 1.807) is 0 Å². The molecule has 1 rings (SSSR count). The van der Waals surface area contributed by atoms with E-state index in [-0.39, 0.29) is 21.3 Å². The summed E-state index contributed by atoms with van der Waals surface area (Å²) in [5, 5.41) is 19.3. The number of carboxylic acids is 1. The van der Waals surface area contributed by atoms with Gasteiger partial charge in [-0.25, -0.2) is 4.79 Å². The fraction of sp³-hybridized carbons (Fsp3) is 0.125. The Kier molecular flexibility index (Phi) is 2.85. The van der Waals surface area contributed by atoms with E-state index in [2.05, 4.69) is 15.9 Å². The summed E-state index contributed by atoms with van der Waals surface area (Å²) in [7, 11) is 0. The molecule has 0 atom stereocenters. The van der Waals surface area contributed by atoms with Gasteiger partial charge in [0, 0.05) is 5.56 Å². The molecular formula is C8H6BrNO4. The minimum absolute atomic E-state index is 0.0556. The molecule has 0 aliphatic heterocycles. The number of carbonyl (C=O) groups is 1. The molecule has 0 spiro atoms. The zero-order chi connectivity index (χ0) is 10.9. The number of rotatable bonds is 2. The van der Waals surface area contributed by atoms with Crippen molar-refractivity contribution in [2.45, 2.75) is 6.92 Å². The van der Waals surface area contributed by atoms with Gasteiger partial charge < -0.3 is 5.11 Å². The zero-order valence-corrected chi connectivity index (χ0v) is 8.74. The van der Waals surface area contributed by atoms with Gasteiger partial charge in [0.15, 0.2) is 0 Å². The van der Waals surface area contributed by atoms with Crippen molar-refractivity contribution < 1.29 is 14.8 Å². The smallest absolute Gasteiger partial charge is 0.336 e. The van der Waals surface area contributed by atoms with Crippen LogP contribution in [-0.2, 0) is 0 Å². The second-order valence-corrected chi connectivity index (χ2v) is 3.49. The number of benzene rings is 1. The Balaban J connectivity index is 3.49. The van der Waals surface area contributed by atoms with Crippen molar-refractivity contribution >= 4 is 27.6 Å². The molecule has 0 aliphatic rings. The molecule has 1 aromatic rings. The first-order chi connectivity index (χ1) is 6.45. The Morgan fingerprint density at radius 3 is 2.57 bits per heavy atom. The number of carboxylic acid groups (broad SMARTS) is 1. The Bertz CT molecular complexity index is 416. The molecule has 0 saturated carbocycles. The van der Waals surface area contributed by atoms with Crippen LogP contribution in [-0.4, -0.2) is 16.0 Å². The molecule has 0 unspecified atom stereocenters. The van der Waals surface area contributed by atoms with E-state index in [0.717, 1.165) is 0 Å². The van der Waals surface area contributed by atoms with Crippen LogP contribution < -0.4 is 0 Å². The third-order valence-corrected chi connectivity index (χ3v) is 2.43. The van der Waals surface area contributed by atoms with Crippen molar-refractivity contribution in [2.75, 3.05) is 0 Å². The lowest BCUT2D eigenvalue weighted by Crippen LogP contribution is -2.03. The van der Waals surface area contributed by atoms with Crippen LogP contribution in [0.2, 0.25) is 0 Å². The molecule has 0 bridgehead atoms. The van der Waals surface area contributed by atoms with Gasteiger partial charge in [0.1, 0.15) is 0 Å². The minimum Gasteiger partial charge on any atom is -0.478 e. The summed E-state index contributed by atoms with van der Waals surface area (Å²) in [5.74, 6) is -1.17. The van der Waals surface area contributed by atoms with Gasteiger partial charge in [0.05, 0.1) is 15.0 Å². The summed E-state index contributed by atoms with van der Waals surface area (Å²) >= 11 is 3.00. The zero-order valence-electron chi connectivity index (χ0n) is 7.15. The molecule has 0 heterocycles. The van der Waals surface area contributed by atoms with Gasteiger partial charge in [-0.15, -0.1) is 0 Å². The van der Waals surface area contributed by atoms with Crippen molar-refractivity contribution in [3.63, 3.8) is 0 Å². The number of nitrogens with zero attached hydrogens (tertiary/aromatic N) is 1. The Labute approximate surface area is 87.6 Å². The average molecular weight is 260 g/mol. The number of hydrogen-bond acceptors (Lipinski definition) is 3. The van der Waals surface area contributed by atoms with Crippen LogP contribution in [0.25, 0.3) is 0 Å². The van der Waals surface area contributed by atoms with Gasteiger partial charge >= 0.3 is 5.97 Å². The van der Waals surface area contributed by atoms with Gasteiger partial charge in [-0.05, 0) is 35.0 Å². The topological polar surface area (TPSA) is 80.4 Å². The molecule has 0 saturated heterocycles. The van der Waals surface area contributed by atoms with Gasteiger partial charge in [0.2, 0.25) is 0 Å². The molecule has 0 amide bonds. The first-order valence-electron chi connectivity index (χ1n) is 3.62. The normalized spacial score (nSPS) is 9.86. The highest BCUT2D eigenvalue weighted by molar-refractivity contribution is 9.10. The van der Waals surface area contributed by atoms with Crippen LogP contribution in [0.5, 0.6) is 0 Å². The highest BCUT2D eigenvalue weighted by Crippen LogP contribution is 2.30. The molecule has 0 aliphatic carbocycles. The fourth-order valence-electron chi connectivity index (χ4n) is 1.12. The van der Waals surface area contributed by atoms with Crippen molar-refractivity contribution in [3.8, 4) is 0 Å². The number of hydrogen-bond donors (Lipinski definition) is 1. The number of aromatic carboxylic acids is 1. The molecule has 0 radical (unpaired) electrons. The molecule has 0 aromatic heterocycles. The third-order valence-electron chi connectivity index (χ3n) is 1.79. The lowest BCUT2D eigenvalue weighted by Gasteiger charge is -2.02. The van der Waals surface area contributed by atoms with E-state index in [9.17, 15) is 14.9 Å². The van der Waals surface area contributed by atoms with Gasteiger partial charge in [0.25, 0.3) is 5.69 Å². The average Bonchev–Trinajstić information content (AvgIpc) is 2.02. The van der Waals surface area contributed by atoms with Crippen LogP contribution in [0.4, 0.5) is 5.69 Å². The highest BCUT2D eigenvalue weighted by Gasteiger charge is 2.21. The quantitative estimate of drug-likeness (QED) is 0.653. The van der Waals surface area contributed by atoms with Crippen molar-refractivity contribution in [1.29, 1.82) is 0 Å². The van der Waals surface area contributed by atoms with Crippen LogP contribution >= 0.6 is 15.9 Å². The Hall–Kier alpha value is -1.43. The Morgan fingerprint density at radius 1 is 1.57 bits per heavy atom. The van der Waals surface area contributed by atoms with E-state index in [1.165, 1.54) is 19.1 Å². The largest absolute Gasteiger partial charge is 0.478 e. The molecule has 1 aromatic carbocycles. The number of nitro benzene ring substituents is 1. The standard InChI is InChI=1S/C8H6BrNO4/c1-4-5(8(11)12)2-3-6(9)7(4)10(13)14/h2-3H,1H3,(H,11,12). The van der Waals surface area contributed by atoms with Gasteiger partial charge in [-0.2, -0.15) is 0 Å². The summed E-state index contributed by atoms with van der Waals surface area (Å²) in [4.78, 5) is 20.7. The van der Waals surface area contributed by atoms with E-state index in [4.69, 9.17) is 5.11 Å². The first-order valence-corrected chi connectivity index (χ1v) is 4.41.